The van der Waals surface area contributed by atoms with Crippen LogP contribution >= 0.6 is 15.9 Å². The Labute approximate surface area is 183 Å². The number of hydrogen-bond donors (Lipinski definition) is 2. The van der Waals surface area contributed by atoms with Crippen molar-refractivity contribution in [1.29, 1.82) is 0 Å². The Kier molecular flexibility index (Phi) is 5.11. The van der Waals surface area contributed by atoms with E-state index >= 15 is 0 Å². The molecule has 1 aromatic heterocycles. The number of rotatable bonds is 4. The average Bonchev–Trinajstić information content (AvgIpc) is 3.18. The number of phenolic OH excluding ortho intramolecular Hbond substituents is 1. The Morgan fingerprint density at radius 2 is 1.93 bits per heavy atom. The Morgan fingerprint density at radius 1 is 1.17 bits per heavy atom. The van der Waals surface area contributed by atoms with Gasteiger partial charge in [0, 0.05) is 6.07 Å². The third-order valence-corrected chi connectivity index (χ3v) is 5.72. The van der Waals surface area contributed by atoms with Crippen molar-refractivity contribution in [2.45, 2.75) is 39.9 Å². The van der Waals surface area contributed by atoms with E-state index in [9.17, 15) is 5.11 Å². The summed E-state index contributed by atoms with van der Waals surface area (Å²) in [5, 5.41) is 9.55. The summed E-state index contributed by atoms with van der Waals surface area (Å²) in [6.45, 7) is 8.52. The summed E-state index contributed by atoms with van der Waals surface area (Å²) in [4.78, 5) is 4.41. The monoisotopic (exact) mass is 470 g/mol. The summed E-state index contributed by atoms with van der Waals surface area (Å²) in [6, 6.07) is 10.7. The van der Waals surface area contributed by atoms with Gasteiger partial charge in [-0.2, -0.15) is 0 Å². The molecule has 0 amide bonds. The number of hydrogen-bond acceptors (Lipinski definition) is 5. The van der Waals surface area contributed by atoms with Crippen LogP contribution in [0.25, 0.3) is 0 Å². The third-order valence-electron chi connectivity index (χ3n) is 5.17. The molecule has 0 bridgehead atoms. The Balaban J connectivity index is 1.63. The first-order chi connectivity index (χ1) is 14.1. The SMILES string of the molecule is Cc1cc(O)ccc1N=C(N)c1cc(Br)c(Oc2cc3c(cc2C)COC3(C)C)o1. The molecule has 0 saturated heterocycles. The minimum absolute atomic E-state index is 0.180. The lowest BCUT2D eigenvalue weighted by molar-refractivity contribution is -0.00795. The van der Waals surface area contributed by atoms with Gasteiger partial charge in [-0.25, -0.2) is 4.99 Å². The van der Waals surface area contributed by atoms with Crippen LogP contribution in [0.5, 0.6) is 17.4 Å². The van der Waals surface area contributed by atoms with Crippen LogP contribution in [0.3, 0.4) is 0 Å². The van der Waals surface area contributed by atoms with Crippen LogP contribution in [-0.2, 0) is 16.9 Å². The molecule has 0 radical (unpaired) electrons. The highest BCUT2D eigenvalue weighted by Crippen LogP contribution is 2.41. The van der Waals surface area contributed by atoms with E-state index in [1.54, 1.807) is 24.3 Å². The molecule has 0 atom stereocenters. The van der Waals surface area contributed by atoms with Gasteiger partial charge in [-0.15, -0.1) is 0 Å². The Bertz CT molecular complexity index is 1160. The normalized spacial score (nSPS) is 15.3. The maximum atomic E-state index is 9.55. The second-order valence-electron chi connectivity index (χ2n) is 7.89. The largest absolute Gasteiger partial charge is 0.508 e. The highest BCUT2D eigenvalue weighted by atomic mass is 79.9. The molecule has 0 saturated carbocycles. The first kappa shape index (κ1) is 20.5. The van der Waals surface area contributed by atoms with Crippen molar-refractivity contribution in [2.75, 3.05) is 0 Å². The minimum Gasteiger partial charge on any atom is -0.508 e. The zero-order valence-electron chi connectivity index (χ0n) is 17.2. The number of phenols is 1. The predicted octanol–water partition coefficient (Wildman–Crippen LogP) is 5.96. The van der Waals surface area contributed by atoms with E-state index in [0.29, 0.717) is 34.2 Å². The molecule has 7 heteroatoms. The standard InChI is InChI=1S/C23H23BrN2O4/c1-12-8-15(27)5-6-18(12)26-21(25)20-10-17(24)22(30-20)29-19-9-16-14(7-13(19)2)11-28-23(16,3)4/h5-10,27H,11H2,1-4H3,(H2,25,26). The van der Waals surface area contributed by atoms with E-state index in [0.717, 1.165) is 16.7 Å². The van der Waals surface area contributed by atoms with Crippen LogP contribution in [0, 0.1) is 13.8 Å². The maximum Gasteiger partial charge on any atom is 0.305 e. The van der Waals surface area contributed by atoms with Gasteiger partial charge in [-0.3, -0.25) is 0 Å². The van der Waals surface area contributed by atoms with E-state index in [4.69, 9.17) is 19.6 Å². The van der Waals surface area contributed by atoms with Gasteiger partial charge in [-0.05, 0) is 96.2 Å². The lowest BCUT2D eigenvalue weighted by atomic mass is 9.94. The number of furan rings is 1. The topological polar surface area (TPSA) is 90.2 Å². The fourth-order valence-corrected chi connectivity index (χ4v) is 3.84. The number of halogens is 1. The first-order valence-electron chi connectivity index (χ1n) is 9.53. The van der Waals surface area contributed by atoms with E-state index in [2.05, 4.69) is 27.0 Å². The number of fused-ring (bicyclic) bond motifs is 1. The summed E-state index contributed by atoms with van der Waals surface area (Å²) in [5.41, 5.74) is 10.5. The molecule has 1 aliphatic rings. The summed E-state index contributed by atoms with van der Waals surface area (Å²) in [5.74, 6) is 1.76. The molecule has 30 heavy (non-hydrogen) atoms. The van der Waals surface area contributed by atoms with Crippen molar-refractivity contribution in [3.63, 3.8) is 0 Å². The zero-order valence-corrected chi connectivity index (χ0v) is 18.8. The Hall–Kier alpha value is -2.77. The molecule has 6 nitrogen and oxygen atoms in total. The molecule has 1 aliphatic heterocycles. The summed E-state index contributed by atoms with van der Waals surface area (Å²) < 4.78 is 18.4. The quantitative estimate of drug-likeness (QED) is 0.362. The van der Waals surface area contributed by atoms with Crippen molar-refractivity contribution in [2.24, 2.45) is 10.7 Å². The molecule has 156 valence electrons. The van der Waals surface area contributed by atoms with Crippen LogP contribution in [0.15, 0.2) is 50.3 Å². The van der Waals surface area contributed by atoms with Crippen molar-refractivity contribution in [3.8, 4) is 17.4 Å². The highest BCUT2D eigenvalue weighted by Gasteiger charge is 2.32. The molecule has 2 heterocycles. The fourth-order valence-electron chi connectivity index (χ4n) is 3.47. The van der Waals surface area contributed by atoms with Crippen molar-refractivity contribution < 1.29 is 19.0 Å². The lowest BCUT2D eigenvalue weighted by Gasteiger charge is -2.19. The first-order valence-corrected chi connectivity index (χ1v) is 10.3. The highest BCUT2D eigenvalue weighted by molar-refractivity contribution is 9.10. The van der Waals surface area contributed by atoms with E-state index in [1.807, 2.05) is 33.8 Å². The molecule has 2 aromatic carbocycles. The number of ether oxygens (including phenoxy) is 2. The number of aryl methyl sites for hydroxylation is 2. The third kappa shape index (κ3) is 3.82. The molecule has 0 unspecified atom stereocenters. The molecule has 3 N–H and O–H groups in total. The zero-order chi connectivity index (χ0) is 21.6. The van der Waals surface area contributed by atoms with E-state index in [-0.39, 0.29) is 17.2 Å². The fraction of sp³-hybridized carbons (Fsp3) is 0.261. The maximum absolute atomic E-state index is 9.55. The molecular formula is C23H23BrN2O4. The second-order valence-corrected chi connectivity index (χ2v) is 8.74. The van der Waals surface area contributed by atoms with Crippen LogP contribution in [0.2, 0.25) is 0 Å². The number of nitrogens with zero attached hydrogens (tertiary/aromatic N) is 1. The lowest BCUT2D eigenvalue weighted by Crippen LogP contribution is -2.14. The number of nitrogens with two attached hydrogens (primary N) is 1. The molecule has 0 spiro atoms. The van der Waals surface area contributed by atoms with Gasteiger partial charge in [0.2, 0.25) is 0 Å². The van der Waals surface area contributed by atoms with Crippen LogP contribution in [-0.4, -0.2) is 10.9 Å². The molecule has 0 fully saturated rings. The van der Waals surface area contributed by atoms with Gasteiger partial charge < -0.3 is 24.7 Å². The van der Waals surface area contributed by atoms with E-state index in [1.165, 1.54) is 5.56 Å². The van der Waals surface area contributed by atoms with Crippen molar-refractivity contribution >= 4 is 27.5 Å². The predicted molar refractivity (Wildman–Crippen MR) is 119 cm³/mol. The van der Waals surface area contributed by atoms with Crippen LogP contribution < -0.4 is 10.5 Å². The number of benzene rings is 2. The molecule has 0 aliphatic carbocycles. The summed E-state index contributed by atoms with van der Waals surface area (Å²) in [7, 11) is 0. The Morgan fingerprint density at radius 3 is 2.67 bits per heavy atom. The molecule has 4 rings (SSSR count). The van der Waals surface area contributed by atoms with Crippen LogP contribution in [0.1, 0.15) is 41.9 Å². The van der Waals surface area contributed by atoms with Gasteiger partial charge in [0.1, 0.15) is 16.0 Å². The van der Waals surface area contributed by atoms with Crippen molar-refractivity contribution in [1.82, 2.24) is 0 Å². The van der Waals surface area contributed by atoms with Gasteiger partial charge in [0.25, 0.3) is 0 Å². The van der Waals surface area contributed by atoms with E-state index < -0.39 is 0 Å². The smallest absolute Gasteiger partial charge is 0.305 e. The van der Waals surface area contributed by atoms with Gasteiger partial charge in [0.05, 0.1) is 17.9 Å². The van der Waals surface area contributed by atoms with Crippen LogP contribution in [0.4, 0.5) is 5.69 Å². The minimum atomic E-state index is -0.355. The second kappa shape index (κ2) is 7.49. The van der Waals surface area contributed by atoms with Gasteiger partial charge >= 0.3 is 5.95 Å². The summed E-state index contributed by atoms with van der Waals surface area (Å²) in [6.07, 6.45) is 0. The average molecular weight is 471 g/mol. The number of aliphatic imine (C=N–C) groups is 1. The molecular weight excluding hydrogens is 448 g/mol. The molecule has 3 aromatic rings. The van der Waals surface area contributed by atoms with Crippen molar-refractivity contribution in [3.05, 3.63) is 68.9 Å². The summed E-state index contributed by atoms with van der Waals surface area (Å²) >= 11 is 3.47. The van der Waals surface area contributed by atoms with Gasteiger partial charge in [-0.1, -0.05) is 0 Å². The van der Waals surface area contributed by atoms with Gasteiger partial charge in [0.15, 0.2) is 11.6 Å². The number of amidine groups is 1. The number of aromatic hydroxyl groups is 1.